The SMILES string of the molecule is Cc1cc(O)ccc1-c1cc(-c2ccc(O)cc2C)nc(-c2ccc(-c3ccccc3)cc2)n1. The first-order valence-corrected chi connectivity index (χ1v) is 11.1. The Labute approximate surface area is 198 Å². The van der Waals surface area contributed by atoms with E-state index in [1.807, 2.05) is 62.4 Å². The topological polar surface area (TPSA) is 66.2 Å². The van der Waals surface area contributed by atoms with Crippen LogP contribution in [0.4, 0.5) is 0 Å². The van der Waals surface area contributed by atoms with Crippen LogP contribution in [0.2, 0.25) is 0 Å². The van der Waals surface area contributed by atoms with Crippen molar-refractivity contribution >= 4 is 0 Å². The fourth-order valence-electron chi connectivity index (χ4n) is 4.17. The van der Waals surface area contributed by atoms with Crippen LogP contribution in [0.1, 0.15) is 11.1 Å². The number of hydrogen-bond acceptors (Lipinski definition) is 4. The summed E-state index contributed by atoms with van der Waals surface area (Å²) in [6.07, 6.45) is 0. The van der Waals surface area contributed by atoms with Crippen molar-refractivity contribution in [3.8, 4) is 56.5 Å². The zero-order valence-electron chi connectivity index (χ0n) is 19.0. The zero-order chi connectivity index (χ0) is 23.7. The molecule has 0 unspecified atom stereocenters. The third-order valence-corrected chi connectivity index (χ3v) is 5.95. The van der Waals surface area contributed by atoms with Crippen molar-refractivity contribution in [2.75, 3.05) is 0 Å². The van der Waals surface area contributed by atoms with Crippen LogP contribution in [0.3, 0.4) is 0 Å². The largest absolute Gasteiger partial charge is 0.508 e. The third-order valence-electron chi connectivity index (χ3n) is 5.95. The minimum atomic E-state index is 0.224. The van der Waals surface area contributed by atoms with Gasteiger partial charge in [0, 0.05) is 16.7 Å². The highest BCUT2D eigenvalue weighted by atomic mass is 16.3. The average Bonchev–Trinajstić information content (AvgIpc) is 2.84. The predicted molar refractivity (Wildman–Crippen MR) is 137 cm³/mol. The first-order valence-electron chi connectivity index (χ1n) is 11.1. The van der Waals surface area contributed by atoms with Gasteiger partial charge in [-0.25, -0.2) is 9.97 Å². The third kappa shape index (κ3) is 4.26. The highest BCUT2D eigenvalue weighted by Gasteiger charge is 2.14. The minimum Gasteiger partial charge on any atom is -0.508 e. The van der Waals surface area contributed by atoms with Crippen molar-refractivity contribution in [2.24, 2.45) is 0 Å². The molecule has 4 aromatic carbocycles. The lowest BCUT2D eigenvalue weighted by atomic mass is 10.00. The molecule has 2 N–H and O–H groups in total. The molecule has 5 aromatic rings. The summed E-state index contributed by atoms with van der Waals surface area (Å²) in [4.78, 5) is 9.79. The summed E-state index contributed by atoms with van der Waals surface area (Å²) in [6, 6.07) is 31.0. The number of phenols is 2. The van der Waals surface area contributed by atoms with Crippen LogP contribution in [0.15, 0.2) is 97.1 Å². The van der Waals surface area contributed by atoms with Gasteiger partial charge in [0.05, 0.1) is 11.4 Å². The van der Waals surface area contributed by atoms with E-state index in [-0.39, 0.29) is 11.5 Å². The second-order valence-corrected chi connectivity index (χ2v) is 8.40. The molecule has 0 saturated carbocycles. The molecule has 0 amide bonds. The molecule has 0 aliphatic carbocycles. The fraction of sp³-hybridized carbons (Fsp3) is 0.0667. The summed E-state index contributed by atoms with van der Waals surface area (Å²) in [5.74, 6) is 1.07. The van der Waals surface area contributed by atoms with Crippen LogP contribution < -0.4 is 0 Å². The van der Waals surface area contributed by atoms with Crippen molar-refractivity contribution in [1.29, 1.82) is 0 Å². The van der Waals surface area contributed by atoms with Crippen molar-refractivity contribution in [1.82, 2.24) is 9.97 Å². The lowest BCUT2D eigenvalue weighted by molar-refractivity contribution is 0.474. The van der Waals surface area contributed by atoms with Gasteiger partial charge in [-0.05, 0) is 78.6 Å². The standard InChI is InChI=1S/C30H24N2O2/c1-19-16-24(33)12-14-26(19)28-18-29(27-15-13-25(34)17-20(27)2)32-30(31-28)23-10-8-22(9-11-23)21-6-4-3-5-7-21/h3-18,33-34H,1-2H3. The first kappa shape index (κ1) is 21.4. The summed E-state index contributed by atoms with van der Waals surface area (Å²) in [6.45, 7) is 3.91. The summed E-state index contributed by atoms with van der Waals surface area (Å²) < 4.78 is 0. The van der Waals surface area contributed by atoms with Gasteiger partial charge in [0.1, 0.15) is 11.5 Å². The lowest BCUT2D eigenvalue weighted by Gasteiger charge is -2.13. The van der Waals surface area contributed by atoms with Crippen LogP contribution in [0, 0.1) is 13.8 Å². The average molecular weight is 445 g/mol. The lowest BCUT2D eigenvalue weighted by Crippen LogP contribution is -1.98. The Morgan fingerprint density at radius 1 is 0.500 bits per heavy atom. The zero-order valence-corrected chi connectivity index (χ0v) is 19.0. The molecular formula is C30H24N2O2. The van der Waals surface area contributed by atoms with E-state index in [9.17, 15) is 10.2 Å². The van der Waals surface area contributed by atoms with Crippen molar-refractivity contribution in [2.45, 2.75) is 13.8 Å². The Morgan fingerprint density at radius 2 is 0.971 bits per heavy atom. The molecule has 0 atom stereocenters. The Kier molecular flexibility index (Phi) is 5.56. The number of benzene rings is 4. The molecule has 0 aliphatic heterocycles. The highest BCUT2D eigenvalue weighted by molar-refractivity contribution is 5.76. The number of hydrogen-bond donors (Lipinski definition) is 2. The number of aryl methyl sites for hydroxylation is 2. The van der Waals surface area contributed by atoms with Gasteiger partial charge < -0.3 is 10.2 Å². The summed E-state index contributed by atoms with van der Waals surface area (Å²) >= 11 is 0. The summed E-state index contributed by atoms with van der Waals surface area (Å²) in [5, 5.41) is 19.8. The number of aromatic nitrogens is 2. The van der Waals surface area contributed by atoms with Gasteiger partial charge in [-0.3, -0.25) is 0 Å². The van der Waals surface area contributed by atoms with E-state index in [4.69, 9.17) is 9.97 Å². The van der Waals surface area contributed by atoms with E-state index in [2.05, 4.69) is 24.3 Å². The molecule has 0 saturated heterocycles. The summed E-state index contributed by atoms with van der Waals surface area (Å²) in [7, 11) is 0. The quantitative estimate of drug-likeness (QED) is 0.308. The molecule has 166 valence electrons. The van der Waals surface area contributed by atoms with Gasteiger partial charge in [0.2, 0.25) is 0 Å². The predicted octanol–water partition coefficient (Wildman–Crippen LogP) is 7.17. The van der Waals surface area contributed by atoms with Gasteiger partial charge in [0.25, 0.3) is 0 Å². The normalized spacial score (nSPS) is 10.9. The van der Waals surface area contributed by atoms with E-state index >= 15 is 0 Å². The molecule has 0 bridgehead atoms. The number of nitrogens with zero attached hydrogens (tertiary/aromatic N) is 2. The maximum Gasteiger partial charge on any atom is 0.160 e. The van der Waals surface area contributed by atoms with Crippen LogP contribution in [0.5, 0.6) is 11.5 Å². The minimum absolute atomic E-state index is 0.224. The summed E-state index contributed by atoms with van der Waals surface area (Å²) in [5.41, 5.74) is 8.47. The van der Waals surface area contributed by atoms with Gasteiger partial charge in [-0.2, -0.15) is 0 Å². The number of phenolic OH excluding ortho intramolecular Hbond substituents is 2. The highest BCUT2D eigenvalue weighted by Crippen LogP contribution is 2.33. The van der Waals surface area contributed by atoms with E-state index in [1.165, 1.54) is 0 Å². The van der Waals surface area contributed by atoms with Crippen LogP contribution in [0.25, 0.3) is 45.0 Å². The molecule has 4 heteroatoms. The second-order valence-electron chi connectivity index (χ2n) is 8.40. The maximum absolute atomic E-state index is 9.88. The number of aromatic hydroxyl groups is 2. The van der Waals surface area contributed by atoms with Gasteiger partial charge in [-0.1, -0.05) is 54.6 Å². The van der Waals surface area contributed by atoms with Gasteiger partial charge in [0.15, 0.2) is 5.82 Å². The van der Waals surface area contributed by atoms with E-state index in [0.717, 1.165) is 50.3 Å². The molecule has 0 fully saturated rings. The van der Waals surface area contributed by atoms with Crippen molar-refractivity contribution in [3.63, 3.8) is 0 Å². The molecule has 4 nitrogen and oxygen atoms in total. The van der Waals surface area contributed by atoms with E-state index < -0.39 is 0 Å². The Morgan fingerprint density at radius 3 is 1.47 bits per heavy atom. The monoisotopic (exact) mass is 444 g/mol. The molecule has 0 aliphatic rings. The molecule has 0 radical (unpaired) electrons. The molecule has 1 aromatic heterocycles. The van der Waals surface area contributed by atoms with E-state index in [1.54, 1.807) is 24.3 Å². The Hall–Kier alpha value is -4.44. The Balaban J connectivity index is 1.65. The molecule has 34 heavy (non-hydrogen) atoms. The smallest absolute Gasteiger partial charge is 0.160 e. The molecule has 0 spiro atoms. The first-order chi connectivity index (χ1) is 16.5. The van der Waals surface area contributed by atoms with Crippen molar-refractivity contribution in [3.05, 3.63) is 108 Å². The van der Waals surface area contributed by atoms with E-state index in [0.29, 0.717) is 5.82 Å². The van der Waals surface area contributed by atoms with Crippen LogP contribution >= 0.6 is 0 Å². The molecule has 5 rings (SSSR count). The van der Waals surface area contributed by atoms with Crippen molar-refractivity contribution < 1.29 is 10.2 Å². The second kappa shape index (κ2) is 8.83. The maximum atomic E-state index is 9.88. The van der Waals surface area contributed by atoms with Crippen LogP contribution in [-0.2, 0) is 0 Å². The van der Waals surface area contributed by atoms with Gasteiger partial charge in [-0.15, -0.1) is 0 Å². The Bertz CT molecular complexity index is 1410. The molecular weight excluding hydrogens is 420 g/mol. The fourth-order valence-corrected chi connectivity index (χ4v) is 4.17. The van der Waals surface area contributed by atoms with Gasteiger partial charge >= 0.3 is 0 Å². The number of rotatable bonds is 4. The molecule has 1 heterocycles. The van der Waals surface area contributed by atoms with Crippen LogP contribution in [-0.4, -0.2) is 20.2 Å².